The van der Waals surface area contributed by atoms with E-state index in [4.69, 9.17) is 0 Å². The summed E-state index contributed by atoms with van der Waals surface area (Å²) in [6.07, 6.45) is 7.26. The van der Waals surface area contributed by atoms with Gasteiger partial charge in [-0.2, -0.15) is 0 Å². The number of Topliss-reactive ketones (excluding diaryl/α,β-unsaturated/α-hetero) is 2. The zero-order chi connectivity index (χ0) is 31.3. The second kappa shape index (κ2) is 13.7. The molecule has 0 saturated carbocycles. The molecule has 1 N–H and O–H groups in total. The van der Waals surface area contributed by atoms with Crippen LogP contribution in [-0.4, -0.2) is 77.2 Å². The van der Waals surface area contributed by atoms with Crippen molar-refractivity contribution in [1.82, 2.24) is 19.9 Å². The minimum atomic E-state index is -0.141. The average molecular weight is 606 g/mol. The summed E-state index contributed by atoms with van der Waals surface area (Å²) in [4.78, 5) is 45.9. The third kappa shape index (κ3) is 7.31. The fraction of sp³-hybridized carbons (Fsp3) is 0.417. The van der Waals surface area contributed by atoms with E-state index in [1.165, 1.54) is 31.9 Å². The van der Waals surface area contributed by atoms with E-state index in [-0.39, 0.29) is 17.5 Å². The molecule has 3 aromatic heterocycles. The molecule has 0 atom stereocenters. The molecule has 9 heteroatoms. The van der Waals surface area contributed by atoms with Gasteiger partial charge in [0, 0.05) is 86.1 Å². The van der Waals surface area contributed by atoms with Crippen molar-refractivity contribution in [3.8, 4) is 0 Å². The molecule has 2 aliphatic heterocycles. The second-order valence-electron chi connectivity index (χ2n) is 12.6. The second-order valence-corrected chi connectivity index (χ2v) is 12.6. The Morgan fingerprint density at radius 1 is 0.800 bits per heavy atom. The van der Waals surface area contributed by atoms with E-state index < -0.39 is 0 Å². The molecule has 2 saturated heterocycles. The summed E-state index contributed by atoms with van der Waals surface area (Å²) in [6, 6.07) is 17.7. The van der Waals surface area contributed by atoms with Gasteiger partial charge in [0.1, 0.15) is 11.6 Å². The highest BCUT2D eigenvalue weighted by molar-refractivity contribution is 6.09. The Bertz CT molecular complexity index is 1660. The quantitative estimate of drug-likeness (QED) is 0.211. The predicted molar refractivity (Wildman–Crippen MR) is 181 cm³/mol. The van der Waals surface area contributed by atoms with Gasteiger partial charge in [-0.25, -0.2) is 9.97 Å². The summed E-state index contributed by atoms with van der Waals surface area (Å²) >= 11 is 0. The van der Waals surface area contributed by atoms with Gasteiger partial charge in [0.25, 0.3) is 0 Å². The van der Waals surface area contributed by atoms with Crippen LogP contribution in [0.15, 0.2) is 67.0 Å². The van der Waals surface area contributed by atoms with Crippen molar-refractivity contribution in [2.45, 2.75) is 40.0 Å². The zero-order valence-electron chi connectivity index (χ0n) is 26.6. The zero-order valence-corrected chi connectivity index (χ0v) is 26.6. The molecule has 0 amide bonds. The van der Waals surface area contributed by atoms with Gasteiger partial charge in [0.05, 0.1) is 11.0 Å². The maximum absolute atomic E-state index is 12.8. The van der Waals surface area contributed by atoms with E-state index in [1.54, 1.807) is 6.20 Å². The molecule has 2 aliphatic rings. The average Bonchev–Trinajstić information content (AvgIpc) is 3.07. The fourth-order valence-corrected chi connectivity index (χ4v) is 6.47. The van der Waals surface area contributed by atoms with Crippen LogP contribution >= 0.6 is 0 Å². The lowest BCUT2D eigenvalue weighted by molar-refractivity contribution is 0.0927. The first-order chi connectivity index (χ1) is 21.8. The number of nitrogens with one attached hydrogen (secondary N) is 1. The highest BCUT2D eigenvalue weighted by Gasteiger charge is 2.24. The number of pyridine rings is 3. The predicted octanol–water partition coefficient (Wildman–Crippen LogP) is 6.24. The van der Waals surface area contributed by atoms with Gasteiger partial charge in [0.2, 0.25) is 0 Å². The molecule has 5 heterocycles. The van der Waals surface area contributed by atoms with Gasteiger partial charge in [-0.15, -0.1) is 0 Å². The Balaban J connectivity index is 0.966. The smallest absolute Gasteiger partial charge is 0.166 e. The molecule has 0 aliphatic carbocycles. The Morgan fingerprint density at radius 3 is 2.31 bits per heavy atom. The maximum Gasteiger partial charge on any atom is 0.166 e. The van der Waals surface area contributed by atoms with Crippen LogP contribution in [0.25, 0.3) is 11.0 Å². The third-order valence-corrected chi connectivity index (χ3v) is 9.20. The van der Waals surface area contributed by atoms with E-state index >= 15 is 0 Å². The normalized spacial score (nSPS) is 16.4. The number of aromatic nitrogens is 3. The molecule has 6 rings (SSSR count). The van der Waals surface area contributed by atoms with Gasteiger partial charge in [-0.1, -0.05) is 13.8 Å². The number of hydrogen-bond acceptors (Lipinski definition) is 9. The summed E-state index contributed by atoms with van der Waals surface area (Å²) in [6.45, 7) is 12.4. The lowest BCUT2D eigenvalue weighted by atomic mass is 9.93. The van der Waals surface area contributed by atoms with Crippen molar-refractivity contribution in [1.29, 1.82) is 0 Å². The molecular formula is C36H43N7O2. The van der Waals surface area contributed by atoms with E-state index in [1.807, 2.05) is 62.5 Å². The number of carbonyl (C=O) groups is 2. The number of hydrogen-bond donors (Lipinski definition) is 1. The number of benzene rings is 1. The Morgan fingerprint density at radius 2 is 1.56 bits per heavy atom. The molecule has 234 valence electrons. The number of piperazine rings is 1. The number of ketones is 2. The van der Waals surface area contributed by atoms with Gasteiger partial charge in [0.15, 0.2) is 11.6 Å². The van der Waals surface area contributed by atoms with Crippen molar-refractivity contribution in [3.05, 3.63) is 78.1 Å². The standard InChI is InChI=1S/C36H43N7O2/c1-25(2)36(45)31-23-28(6-7-30(31)26(3)44)43-21-19-41(20-22-43)16-11-27-12-17-42(18-13-27)29-10-15-38-35(24-29)40-34-9-8-32-33(39-34)5-4-14-37-32/h4-10,14-15,23-25,27H,11-13,16-22H2,1-3H3,(H,38,39,40). The lowest BCUT2D eigenvalue weighted by Gasteiger charge is -2.38. The molecule has 1 aromatic carbocycles. The molecule has 0 unspecified atom stereocenters. The van der Waals surface area contributed by atoms with E-state index in [2.05, 4.69) is 47.1 Å². The summed E-state index contributed by atoms with van der Waals surface area (Å²) in [7, 11) is 0. The summed E-state index contributed by atoms with van der Waals surface area (Å²) < 4.78 is 0. The summed E-state index contributed by atoms with van der Waals surface area (Å²) in [5, 5.41) is 3.36. The monoisotopic (exact) mass is 605 g/mol. The number of nitrogens with zero attached hydrogens (tertiary/aromatic N) is 6. The first-order valence-corrected chi connectivity index (χ1v) is 16.2. The van der Waals surface area contributed by atoms with Crippen molar-refractivity contribution < 1.29 is 9.59 Å². The van der Waals surface area contributed by atoms with Crippen molar-refractivity contribution in [3.63, 3.8) is 0 Å². The van der Waals surface area contributed by atoms with Gasteiger partial charge < -0.3 is 15.1 Å². The molecule has 9 nitrogen and oxygen atoms in total. The lowest BCUT2D eigenvalue weighted by Crippen LogP contribution is -2.47. The fourth-order valence-electron chi connectivity index (χ4n) is 6.47. The Labute approximate surface area is 265 Å². The van der Waals surface area contributed by atoms with E-state index in [0.717, 1.165) is 80.1 Å². The van der Waals surface area contributed by atoms with Gasteiger partial charge >= 0.3 is 0 Å². The number of rotatable bonds is 10. The summed E-state index contributed by atoms with van der Waals surface area (Å²) in [5.74, 6) is 2.12. The SMILES string of the molecule is CC(=O)c1ccc(N2CCN(CCC3CCN(c4ccnc(Nc5ccc6ncccc6n5)c4)CC3)CC2)cc1C(=O)C(C)C. The van der Waals surface area contributed by atoms with E-state index in [0.29, 0.717) is 11.1 Å². The Hall–Kier alpha value is -4.37. The molecule has 4 aromatic rings. The highest BCUT2D eigenvalue weighted by atomic mass is 16.1. The van der Waals surface area contributed by atoms with Crippen molar-refractivity contribution >= 4 is 45.6 Å². The van der Waals surface area contributed by atoms with Crippen LogP contribution in [0.2, 0.25) is 0 Å². The molecule has 2 fully saturated rings. The maximum atomic E-state index is 12.8. The van der Waals surface area contributed by atoms with Gasteiger partial charge in [-0.3, -0.25) is 19.5 Å². The molecular weight excluding hydrogens is 562 g/mol. The number of anilines is 4. The number of carbonyl (C=O) groups excluding carboxylic acids is 2. The van der Waals surface area contributed by atoms with Crippen LogP contribution in [0.5, 0.6) is 0 Å². The molecule has 0 radical (unpaired) electrons. The largest absolute Gasteiger partial charge is 0.371 e. The Kier molecular flexibility index (Phi) is 9.35. The van der Waals surface area contributed by atoms with Crippen LogP contribution in [0.1, 0.15) is 60.7 Å². The molecule has 45 heavy (non-hydrogen) atoms. The first-order valence-electron chi connectivity index (χ1n) is 16.2. The van der Waals surface area contributed by atoms with Crippen LogP contribution in [0.3, 0.4) is 0 Å². The molecule has 0 spiro atoms. The highest BCUT2D eigenvalue weighted by Crippen LogP contribution is 2.28. The number of fused-ring (bicyclic) bond motifs is 1. The summed E-state index contributed by atoms with van der Waals surface area (Å²) in [5.41, 5.74) is 5.05. The van der Waals surface area contributed by atoms with Crippen LogP contribution in [-0.2, 0) is 0 Å². The van der Waals surface area contributed by atoms with Crippen molar-refractivity contribution in [2.24, 2.45) is 11.8 Å². The van der Waals surface area contributed by atoms with Crippen LogP contribution < -0.4 is 15.1 Å². The minimum absolute atomic E-state index is 0.0315. The van der Waals surface area contributed by atoms with Crippen LogP contribution in [0, 0.1) is 11.8 Å². The number of piperidine rings is 1. The topological polar surface area (TPSA) is 94.6 Å². The van der Waals surface area contributed by atoms with Crippen LogP contribution in [0.4, 0.5) is 23.0 Å². The van der Waals surface area contributed by atoms with E-state index in [9.17, 15) is 9.59 Å². The third-order valence-electron chi connectivity index (χ3n) is 9.20. The van der Waals surface area contributed by atoms with Gasteiger partial charge in [-0.05, 0) is 87.2 Å². The van der Waals surface area contributed by atoms with Crippen molar-refractivity contribution in [2.75, 3.05) is 60.9 Å². The first kappa shape index (κ1) is 30.6. The molecule has 0 bridgehead atoms. The minimum Gasteiger partial charge on any atom is -0.371 e.